The second kappa shape index (κ2) is 9.93. The SMILES string of the molecule is CN=C(NCc1ccc(C(=O)N2CCNC(=O)C2)cc1)NCc1ccccc1Cl. The predicted molar refractivity (Wildman–Crippen MR) is 114 cm³/mol. The molecule has 152 valence electrons. The van der Waals surface area contributed by atoms with E-state index in [-0.39, 0.29) is 18.4 Å². The second-order valence-corrected chi connectivity index (χ2v) is 7.05. The fraction of sp³-hybridized carbons (Fsp3) is 0.286. The van der Waals surface area contributed by atoms with Crippen molar-refractivity contribution in [1.29, 1.82) is 0 Å². The highest BCUT2D eigenvalue weighted by Gasteiger charge is 2.22. The molecule has 3 rings (SSSR count). The zero-order valence-corrected chi connectivity index (χ0v) is 17.0. The average molecular weight is 414 g/mol. The molecule has 0 unspecified atom stereocenters. The lowest BCUT2D eigenvalue weighted by Crippen LogP contribution is -2.49. The summed E-state index contributed by atoms with van der Waals surface area (Å²) in [7, 11) is 1.71. The average Bonchev–Trinajstić information content (AvgIpc) is 2.75. The van der Waals surface area contributed by atoms with Gasteiger partial charge in [-0.1, -0.05) is 41.9 Å². The van der Waals surface area contributed by atoms with E-state index in [9.17, 15) is 9.59 Å². The molecular formula is C21H24ClN5O2. The molecule has 1 saturated heterocycles. The number of amides is 2. The molecule has 1 fully saturated rings. The molecule has 0 spiro atoms. The summed E-state index contributed by atoms with van der Waals surface area (Å²) in [5, 5.41) is 9.90. The zero-order valence-electron chi connectivity index (χ0n) is 16.2. The number of benzene rings is 2. The number of rotatable bonds is 5. The number of aliphatic imine (C=N–C) groups is 1. The van der Waals surface area contributed by atoms with Crippen LogP contribution < -0.4 is 16.0 Å². The quantitative estimate of drug-likeness (QED) is 0.515. The fourth-order valence-corrected chi connectivity index (χ4v) is 3.19. The number of hydrogen-bond acceptors (Lipinski definition) is 3. The van der Waals surface area contributed by atoms with Gasteiger partial charge in [-0.05, 0) is 29.3 Å². The topological polar surface area (TPSA) is 85.8 Å². The number of nitrogens with one attached hydrogen (secondary N) is 3. The Hall–Kier alpha value is -3.06. The summed E-state index contributed by atoms with van der Waals surface area (Å²) in [6.07, 6.45) is 0. The van der Waals surface area contributed by atoms with Gasteiger partial charge in [0.05, 0.1) is 6.54 Å². The van der Waals surface area contributed by atoms with Crippen LogP contribution in [0.1, 0.15) is 21.5 Å². The van der Waals surface area contributed by atoms with Crippen LogP contribution in [-0.2, 0) is 17.9 Å². The molecule has 0 aromatic heterocycles. The van der Waals surface area contributed by atoms with Crippen molar-refractivity contribution in [3.63, 3.8) is 0 Å². The summed E-state index contributed by atoms with van der Waals surface area (Å²) in [5.41, 5.74) is 2.58. The van der Waals surface area contributed by atoms with Gasteiger partial charge in [0, 0.05) is 43.8 Å². The normalized spacial score (nSPS) is 14.3. The van der Waals surface area contributed by atoms with Crippen molar-refractivity contribution in [2.75, 3.05) is 26.7 Å². The summed E-state index contributed by atoms with van der Waals surface area (Å²) < 4.78 is 0. The van der Waals surface area contributed by atoms with Gasteiger partial charge >= 0.3 is 0 Å². The van der Waals surface area contributed by atoms with E-state index in [2.05, 4.69) is 20.9 Å². The Morgan fingerprint density at radius 3 is 2.55 bits per heavy atom. The number of guanidine groups is 1. The molecule has 1 aliphatic heterocycles. The monoisotopic (exact) mass is 413 g/mol. The van der Waals surface area contributed by atoms with E-state index in [4.69, 9.17) is 11.6 Å². The van der Waals surface area contributed by atoms with Gasteiger partial charge in [0.15, 0.2) is 5.96 Å². The van der Waals surface area contributed by atoms with Crippen LogP contribution >= 0.6 is 11.6 Å². The van der Waals surface area contributed by atoms with Crippen molar-refractivity contribution in [2.24, 2.45) is 4.99 Å². The van der Waals surface area contributed by atoms with Crippen LogP contribution in [0.2, 0.25) is 5.02 Å². The van der Waals surface area contributed by atoms with Gasteiger partial charge in [-0.15, -0.1) is 0 Å². The molecule has 2 aromatic rings. The number of halogens is 1. The summed E-state index contributed by atoms with van der Waals surface area (Å²) in [6.45, 7) is 2.25. The first kappa shape index (κ1) is 20.7. The highest BCUT2D eigenvalue weighted by molar-refractivity contribution is 6.31. The lowest BCUT2D eigenvalue weighted by Gasteiger charge is -2.26. The molecule has 0 bridgehead atoms. The standard InChI is InChI=1S/C21H24ClN5O2/c1-23-21(26-13-17-4-2-3-5-18(17)22)25-12-15-6-8-16(9-7-15)20(29)27-11-10-24-19(28)14-27/h2-9H,10-14H2,1H3,(H,24,28)(H2,23,25,26). The van der Waals surface area contributed by atoms with Crippen molar-refractivity contribution in [3.8, 4) is 0 Å². The third kappa shape index (κ3) is 5.71. The zero-order chi connectivity index (χ0) is 20.6. The lowest BCUT2D eigenvalue weighted by molar-refractivity contribution is -0.123. The van der Waals surface area contributed by atoms with Gasteiger partial charge < -0.3 is 20.9 Å². The van der Waals surface area contributed by atoms with Crippen LogP contribution in [0.15, 0.2) is 53.5 Å². The van der Waals surface area contributed by atoms with Crippen molar-refractivity contribution in [1.82, 2.24) is 20.9 Å². The van der Waals surface area contributed by atoms with E-state index in [1.54, 1.807) is 24.1 Å². The van der Waals surface area contributed by atoms with E-state index in [1.165, 1.54) is 0 Å². The van der Waals surface area contributed by atoms with Gasteiger partial charge in [0.2, 0.25) is 5.91 Å². The molecule has 7 nitrogen and oxygen atoms in total. The highest BCUT2D eigenvalue weighted by atomic mass is 35.5. The number of hydrogen-bond donors (Lipinski definition) is 3. The van der Waals surface area contributed by atoms with Gasteiger partial charge in [0.1, 0.15) is 0 Å². The molecule has 2 amide bonds. The van der Waals surface area contributed by atoms with Gasteiger partial charge in [-0.25, -0.2) is 0 Å². The maximum Gasteiger partial charge on any atom is 0.254 e. The van der Waals surface area contributed by atoms with Crippen molar-refractivity contribution >= 4 is 29.4 Å². The smallest absolute Gasteiger partial charge is 0.254 e. The van der Waals surface area contributed by atoms with Gasteiger partial charge in [-0.2, -0.15) is 0 Å². The van der Waals surface area contributed by atoms with Crippen LogP contribution in [0.25, 0.3) is 0 Å². The highest BCUT2D eigenvalue weighted by Crippen LogP contribution is 2.14. The van der Waals surface area contributed by atoms with Crippen molar-refractivity contribution in [3.05, 3.63) is 70.2 Å². The first-order valence-electron chi connectivity index (χ1n) is 9.39. The van der Waals surface area contributed by atoms with Crippen molar-refractivity contribution < 1.29 is 9.59 Å². The molecule has 0 saturated carbocycles. The van der Waals surface area contributed by atoms with E-state index >= 15 is 0 Å². The Bertz CT molecular complexity index is 898. The van der Waals surface area contributed by atoms with Crippen molar-refractivity contribution in [2.45, 2.75) is 13.1 Å². The minimum absolute atomic E-state index is 0.107. The Kier molecular flexibility index (Phi) is 7.08. The maximum absolute atomic E-state index is 12.5. The number of nitrogens with zero attached hydrogens (tertiary/aromatic N) is 2. The molecule has 29 heavy (non-hydrogen) atoms. The molecule has 1 aliphatic rings. The van der Waals surface area contributed by atoms with Crippen LogP contribution in [0.3, 0.4) is 0 Å². The molecule has 0 radical (unpaired) electrons. The molecule has 0 aliphatic carbocycles. The molecule has 3 N–H and O–H groups in total. The third-order valence-electron chi connectivity index (χ3n) is 4.61. The maximum atomic E-state index is 12.5. The third-order valence-corrected chi connectivity index (χ3v) is 4.98. The lowest BCUT2D eigenvalue weighted by atomic mass is 10.1. The van der Waals surface area contributed by atoms with Crippen LogP contribution in [-0.4, -0.2) is 49.4 Å². The van der Waals surface area contributed by atoms with Crippen LogP contribution in [0.4, 0.5) is 0 Å². The molecule has 1 heterocycles. The Morgan fingerprint density at radius 1 is 1.14 bits per heavy atom. The van der Waals surface area contributed by atoms with Crippen LogP contribution in [0.5, 0.6) is 0 Å². The summed E-state index contributed by atoms with van der Waals surface area (Å²) in [5.74, 6) is 0.405. The van der Waals surface area contributed by atoms with E-state index < -0.39 is 0 Å². The number of carbonyl (C=O) groups excluding carboxylic acids is 2. The Labute approximate surface area is 175 Å². The second-order valence-electron chi connectivity index (χ2n) is 6.64. The summed E-state index contributed by atoms with van der Waals surface area (Å²) >= 11 is 6.17. The predicted octanol–water partition coefficient (Wildman–Crippen LogP) is 1.78. The van der Waals surface area contributed by atoms with Gasteiger partial charge in [0.25, 0.3) is 5.91 Å². The molecular weight excluding hydrogens is 390 g/mol. The first-order chi connectivity index (χ1) is 14.1. The number of piperazine rings is 1. The Morgan fingerprint density at radius 2 is 1.86 bits per heavy atom. The molecule has 0 atom stereocenters. The number of carbonyl (C=O) groups is 2. The van der Waals surface area contributed by atoms with E-state index in [0.717, 1.165) is 11.1 Å². The largest absolute Gasteiger partial charge is 0.353 e. The van der Waals surface area contributed by atoms with E-state index in [1.807, 2.05) is 36.4 Å². The summed E-state index contributed by atoms with van der Waals surface area (Å²) in [6, 6.07) is 15.0. The minimum Gasteiger partial charge on any atom is -0.353 e. The molecule has 8 heteroatoms. The fourth-order valence-electron chi connectivity index (χ4n) is 2.99. The summed E-state index contributed by atoms with van der Waals surface area (Å²) in [4.78, 5) is 29.7. The minimum atomic E-state index is -0.128. The van der Waals surface area contributed by atoms with Crippen LogP contribution in [0, 0.1) is 0 Å². The van der Waals surface area contributed by atoms with E-state index in [0.29, 0.717) is 42.7 Å². The first-order valence-corrected chi connectivity index (χ1v) is 9.77. The van der Waals surface area contributed by atoms with Gasteiger partial charge in [-0.3, -0.25) is 14.6 Å². The Balaban J connectivity index is 1.51. The molecule has 2 aromatic carbocycles.